The fraction of sp³-hybridized carbons (Fsp3) is 0.667. The van der Waals surface area contributed by atoms with Crippen LogP contribution in [0.4, 0.5) is 0 Å². The third-order valence-corrected chi connectivity index (χ3v) is 5.49. The zero-order valence-electron chi connectivity index (χ0n) is 12.7. The van der Waals surface area contributed by atoms with Crippen molar-refractivity contribution in [1.82, 2.24) is 4.90 Å². The fourth-order valence-corrected chi connectivity index (χ4v) is 4.35. The van der Waals surface area contributed by atoms with Crippen LogP contribution >= 0.6 is 0 Å². The van der Waals surface area contributed by atoms with Gasteiger partial charge in [-0.15, -0.1) is 0 Å². The quantitative estimate of drug-likeness (QED) is 0.912. The highest BCUT2D eigenvalue weighted by molar-refractivity contribution is 5.15. The molecule has 2 aliphatic rings. The molecule has 110 valence electrons. The second kappa shape index (κ2) is 5.87. The van der Waals surface area contributed by atoms with E-state index in [1.807, 2.05) is 0 Å². The van der Waals surface area contributed by atoms with Crippen LogP contribution in [0.3, 0.4) is 0 Å². The van der Waals surface area contributed by atoms with Gasteiger partial charge in [0.25, 0.3) is 0 Å². The number of rotatable bonds is 4. The van der Waals surface area contributed by atoms with Crippen molar-refractivity contribution in [1.29, 1.82) is 0 Å². The lowest BCUT2D eigenvalue weighted by Gasteiger charge is -2.55. The molecule has 1 saturated carbocycles. The number of hydrogen-bond acceptors (Lipinski definition) is 2. The average molecular weight is 272 g/mol. The Morgan fingerprint density at radius 3 is 2.35 bits per heavy atom. The molecule has 0 bridgehead atoms. The van der Waals surface area contributed by atoms with Gasteiger partial charge in [0.2, 0.25) is 0 Å². The molecule has 3 rings (SSSR count). The molecule has 0 radical (unpaired) electrons. The van der Waals surface area contributed by atoms with E-state index in [2.05, 4.69) is 42.2 Å². The molecule has 1 saturated heterocycles. The van der Waals surface area contributed by atoms with Crippen molar-refractivity contribution in [3.05, 3.63) is 35.9 Å². The lowest BCUT2D eigenvalue weighted by molar-refractivity contribution is -0.0321. The number of benzene rings is 1. The first-order chi connectivity index (χ1) is 9.72. The van der Waals surface area contributed by atoms with Crippen LogP contribution in [0.25, 0.3) is 0 Å². The molecule has 0 spiro atoms. The van der Waals surface area contributed by atoms with Gasteiger partial charge in [-0.25, -0.2) is 0 Å². The standard InChI is InChI=1S/C18H28N2/c1-15-12-18(13-15,14-19)20-9-7-17(8-10-20)11-16-5-3-2-4-6-16/h2-6,15,17H,7-14,19H2,1H3. The van der Waals surface area contributed by atoms with Gasteiger partial charge in [-0.05, 0) is 62.6 Å². The number of nitrogens with two attached hydrogens (primary N) is 1. The third kappa shape index (κ3) is 2.77. The van der Waals surface area contributed by atoms with Crippen LogP contribution in [0.5, 0.6) is 0 Å². The minimum atomic E-state index is 0.358. The van der Waals surface area contributed by atoms with Gasteiger partial charge in [0.15, 0.2) is 0 Å². The molecule has 0 unspecified atom stereocenters. The van der Waals surface area contributed by atoms with Crippen LogP contribution in [0.1, 0.15) is 38.2 Å². The van der Waals surface area contributed by atoms with Crippen LogP contribution in [0, 0.1) is 11.8 Å². The molecule has 2 heteroatoms. The summed E-state index contributed by atoms with van der Waals surface area (Å²) >= 11 is 0. The van der Waals surface area contributed by atoms with Crippen molar-refractivity contribution in [2.24, 2.45) is 17.6 Å². The van der Waals surface area contributed by atoms with Crippen molar-refractivity contribution in [2.75, 3.05) is 19.6 Å². The summed E-state index contributed by atoms with van der Waals surface area (Å²) in [5.74, 6) is 1.74. The van der Waals surface area contributed by atoms with Crippen molar-refractivity contribution >= 4 is 0 Å². The normalized spacial score (nSPS) is 32.0. The highest BCUT2D eigenvalue weighted by Gasteiger charge is 2.46. The Kier molecular flexibility index (Phi) is 4.13. The Hall–Kier alpha value is -0.860. The first-order valence-electron chi connectivity index (χ1n) is 8.21. The smallest absolute Gasteiger partial charge is 0.0336 e. The Morgan fingerprint density at radius 2 is 1.80 bits per heavy atom. The Balaban J connectivity index is 1.52. The summed E-state index contributed by atoms with van der Waals surface area (Å²) < 4.78 is 0. The maximum absolute atomic E-state index is 6.08. The van der Waals surface area contributed by atoms with Crippen molar-refractivity contribution in [2.45, 2.75) is 44.6 Å². The molecule has 0 amide bonds. The predicted molar refractivity (Wildman–Crippen MR) is 84.6 cm³/mol. The SMILES string of the molecule is CC1CC(CN)(N2CCC(Cc3ccccc3)CC2)C1. The Morgan fingerprint density at radius 1 is 1.15 bits per heavy atom. The number of nitrogens with zero attached hydrogens (tertiary/aromatic N) is 1. The van der Waals surface area contributed by atoms with Gasteiger partial charge in [-0.3, -0.25) is 4.90 Å². The predicted octanol–water partition coefficient (Wildman–Crippen LogP) is 3.07. The molecule has 0 aromatic heterocycles. The van der Waals surface area contributed by atoms with E-state index >= 15 is 0 Å². The zero-order valence-corrected chi connectivity index (χ0v) is 12.7. The largest absolute Gasteiger partial charge is 0.329 e. The molecule has 2 N–H and O–H groups in total. The summed E-state index contributed by atoms with van der Waals surface area (Å²) in [6.07, 6.45) is 6.55. The number of likely N-dealkylation sites (tertiary alicyclic amines) is 1. The minimum Gasteiger partial charge on any atom is -0.329 e. The minimum absolute atomic E-state index is 0.358. The Bertz CT molecular complexity index is 414. The van der Waals surface area contributed by atoms with Gasteiger partial charge in [0, 0.05) is 12.1 Å². The molecule has 2 nitrogen and oxygen atoms in total. The monoisotopic (exact) mass is 272 g/mol. The van der Waals surface area contributed by atoms with E-state index in [-0.39, 0.29) is 0 Å². The van der Waals surface area contributed by atoms with Crippen molar-refractivity contribution in [3.63, 3.8) is 0 Å². The zero-order chi connectivity index (χ0) is 14.0. The van der Waals surface area contributed by atoms with E-state index in [1.54, 1.807) is 0 Å². The lowest BCUT2D eigenvalue weighted by Crippen LogP contribution is -2.62. The molecule has 1 aromatic carbocycles. The van der Waals surface area contributed by atoms with Crippen LogP contribution < -0.4 is 5.73 Å². The number of hydrogen-bond donors (Lipinski definition) is 1. The first kappa shape index (κ1) is 14.1. The molecule has 20 heavy (non-hydrogen) atoms. The maximum Gasteiger partial charge on any atom is 0.0336 e. The summed E-state index contributed by atoms with van der Waals surface area (Å²) in [4.78, 5) is 2.70. The van der Waals surface area contributed by atoms with Crippen LogP contribution in [-0.2, 0) is 6.42 Å². The summed E-state index contributed by atoms with van der Waals surface area (Å²) in [5.41, 5.74) is 7.93. The molecule has 1 aliphatic carbocycles. The summed E-state index contributed by atoms with van der Waals surface area (Å²) in [7, 11) is 0. The number of piperidine rings is 1. The highest BCUT2D eigenvalue weighted by atomic mass is 15.2. The third-order valence-electron chi connectivity index (χ3n) is 5.49. The first-order valence-corrected chi connectivity index (χ1v) is 8.21. The molecule has 0 atom stereocenters. The lowest BCUT2D eigenvalue weighted by atomic mass is 9.67. The van der Waals surface area contributed by atoms with E-state index in [1.165, 1.54) is 50.8 Å². The molecule has 2 fully saturated rings. The van der Waals surface area contributed by atoms with Crippen LogP contribution in [0.15, 0.2) is 30.3 Å². The van der Waals surface area contributed by atoms with E-state index in [9.17, 15) is 0 Å². The van der Waals surface area contributed by atoms with Crippen molar-refractivity contribution in [3.8, 4) is 0 Å². The summed E-state index contributed by atoms with van der Waals surface area (Å²) in [5, 5.41) is 0. The van der Waals surface area contributed by atoms with Gasteiger partial charge in [0.05, 0.1) is 0 Å². The average Bonchev–Trinajstić information content (AvgIpc) is 2.46. The Labute approximate surface area is 123 Å². The van der Waals surface area contributed by atoms with Gasteiger partial charge < -0.3 is 5.73 Å². The van der Waals surface area contributed by atoms with E-state index in [0.29, 0.717) is 5.54 Å². The molecule has 1 heterocycles. The fourth-order valence-electron chi connectivity index (χ4n) is 4.35. The van der Waals surface area contributed by atoms with Gasteiger partial charge in [0.1, 0.15) is 0 Å². The molecule has 1 aliphatic heterocycles. The summed E-state index contributed by atoms with van der Waals surface area (Å²) in [6, 6.07) is 10.9. The van der Waals surface area contributed by atoms with Gasteiger partial charge in [-0.2, -0.15) is 0 Å². The van der Waals surface area contributed by atoms with E-state index in [4.69, 9.17) is 5.73 Å². The second-order valence-electron chi connectivity index (χ2n) is 7.06. The van der Waals surface area contributed by atoms with Gasteiger partial charge in [-0.1, -0.05) is 37.3 Å². The van der Waals surface area contributed by atoms with Crippen LogP contribution in [0.2, 0.25) is 0 Å². The van der Waals surface area contributed by atoms with Gasteiger partial charge >= 0.3 is 0 Å². The van der Waals surface area contributed by atoms with E-state index < -0.39 is 0 Å². The van der Waals surface area contributed by atoms with E-state index in [0.717, 1.165) is 18.4 Å². The highest BCUT2D eigenvalue weighted by Crippen LogP contribution is 2.43. The maximum atomic E-state index is 6.08. The molecular weight excluding hydrogens is 244 g/mol. The topological polar surface area (TPSA) is 29.3 Å². The summed E-state index contributed by atoms with van der Waals surface area (Å²) in [6.45, 7) is 5.71. The van der Waals surface area contributed by atoms with Crippen LogP contribution in [-0.4, -0.2) is 30.1 Å². The molecular formula is C18H28N2. The van der Waals surface area contributed by atoms with Crippen molar-refractivity contribution < 1.29 is 0 Å². The molecule has 1 aromatic rings. The second-order valence-corrected chi connectivity index (χ2v) is 7.06.